The number of nitrogens with zero attached hydrogens (tertiary/aromatic N) is 4. The van der Waals surface area contributed by atoms with E-state index in [1.807, 2.05) is 0 Å². The molecule has 1 saturated heterocycles. The number of rotatable bonds is 9. The largest absolute Gasteiger partial charge is 0.350 e. The molecule has 2 aromatic heterocycles. The van der Waals surface area contributed by atoms with E-state index in [2.05, 4.69) is 15.7 Å². The van der Waals surface area contributed by atoms with Crippen LogP contribution >= 0.6 is 0 Å². The Kier molecular flexibility index (Phi) is 7.85. The highest BCUT2D eigenvalue weighted by Crippen LogP contribution is 2.25. The molecule has 0 aliphatic carbocycles. The fourth-order valence-corrected chi connectivity index (χ4v) is 4.74. The summed E-state index contributed by atoms with van der Waals surface area (Å²) in [6, 6.07) is 7.80. The maximum Gasteiger partial charge on any atom is 0.264 e. The summed E-state index contributed by atoms with van der Waals surface area (Å²) in [5.41, 5.74) is 2.88. The Morgan fingerprint density at radius 3 is 2.57 bits per heavy atom. The predicted octanol–water partition coefficient (Wildman–Crippen LogP) is 2.00. The monoisotopic (exact) mass is 533 g/mol. The van der Waals surface area contributed by atoms with Crippen LogP contribution in [0.15, 0.2) is 53.7 Å². The van der Waals surface area contributed by atoms with Gasteiger partial charge in [-0.3, -0.25) is 9.59 Å². The summed E-state index contributed by atoms with van der Waals surface area (Å²) in [5.74, 6) is -1.56. The second kappa shape index (κ2) is 10.9. The first-order valence-electron chi connectivity index (χ1n) is 11.7. The van der Waals surface area contributed by atoms with Crippen LogP contribution in [0.25, 0.3) is 16.8 Å². The van der Waals surface area contributed by atoms with E-state index in [4.69, 9.17) is 9.57 Å². The molecule has 0 saturated carbocycles. The van der Waals surface area contributed by atoms with E-state index in [1.54, 1.807) is 24.3 Å². The lowest BCUT2D eigenvalue weighted by Crippen LogP contribution is -2.51. The maximum atomic E-state index is 15.0. The van der Waals surface area contributed by atoms with Crippen LogP contribution in [-0.2, 0) is 30.8 Å². The number of nitrogens with one attached hydrogen (secondary N) is 1. The van der Waals surface area contributed by atoms with Gasteiger partial charge in [0, 0.05) is 43.7 Å². The van der Waals surface area contributed by atoms with Crippen molar-refractivity contribution in [1.29, 1.82) is 0 Å². The summed E-state index contributed by atoms with van der Waals surface area (Å²) in [6.07, 6.45) is 6.37. The highest BCUT2D eigenvalue weighted by molar-refractivity contribution is 7.92. The van der Waals surface area contributed by atoms with Gasteiger partial charge in [-0.25, -0.2) is 23.1 Å². The summed E-state index contributed by atoms with van der Waals surface area (Å²) in [7, 11) is -3.94. The summed E-state index contributed by atoms with van der Waals surface area (Å²) >= 11 is 0. The average molecular weight is 534 g/mol. The van der Waals surface area contributed by atoms with Crippen molar-refractivity contribution in [3.05, 3.63) is 65.1 Å². The number of hydrogen-bond acceptors (Lipinski definition) is 8. The van der Waals surface area contributed by atoms with Crippen molar-refractivity contribution in [3.63, 3.8) is 0 Å². The third-order valence-corrected chi connectivity index (χ3v) is 8.48. The van der Waals surface area contributed by atoms with Crippen LogP contribution in [0.4, 0.5) is 4.39 Å². The molecule has 2 atom stereocenters. The topological polar surface area (TPSA) is 134 Å². The Morgan fingerprint density at radius 1 is 1.24 bits per heavy atom. The number of hydrogen-bond donors (Lipinski definition) is 1. The van der Waals surface area contributed by atoms with Crippen LogP contribution in [0.3, 0.4) is 0 Å². The number of hydroxylamine groups is 1. The highest BCUT2D eigenvalue weighted by Gasteiger charge is 2.44. The van der Waals surface area contributed by atoms with Gasteiger partial charge in [-0.2, -0.15) is 15.0 Å². The van der Waals surface area contributed by atoms with Crippen LogP contribution in [0.5, 0.6) is 0 Å². The van der Waals surface area contributed by atoms with Crippen molar-refractivity contribution >= 4 is 15.7 Å². The number of ether oxygens (including phenoxy) is 1. The smallest absolute Gasteiger partial charge is 0.264 e. The molecule has 198 valence electrons. The Balaban J connectivity index is 1.49. The summed E-state index contributed by atoms with van der Waals surface area (Å²) in [4.78, 5) is 32.3. The molecule has 1 fully saturated rings. The molecule has 11 nitrogen and oxygen atoms in total. The molecule has 13 heteroatoms. The fraction of sp³-hybridized carbons (Fsp3) is 0.417. The highest BCUT2D eigenvalue weighted by atomic mass is 32.2. The zero-order valence-corrected chi connectivity index (χ0v) is 21.3. The third-order valence-electron chi connectivity index (χ3n) is 6.45. The van der Waals surface area contributed by atoms with Gasteiger partial charge in [0.15, 0.2) is 20.9 Å². The Bertz CT molecular complexity index is 1400. The Hall–Kier alpha value is -3.42. The van der Waals surface area contributed by atoms with Gasteiger partial charge >= 0.3 is 0 Å². The number of pyridine rings is 1. The van der Waals surface area contributed by atoms with Gasteiger partial charge in [0.1, 0.15) is 5.82 Å². The van der Waals surface area contributed by atoms with E-state index in [9.17, 15) is 18.0 Å². The van der Waals surface area contributed by atoms with E-state index in [1.165, 1.54) is 24.1 Å². The Morgan fingerprint density at radius 2 is 1.95 bits per heavy atom. The second-order valence-corrected chi connectivity index (χ2v) is 11.5. The van der Waals surface area contributed by atoms with Crippen LogP contribution < -0.4 is 11.0 Å². The number of aryl methyl sites for hydroxylation is 1. The molecule has 0 spiro atoms. The summed E-state index contributed by atoms with van der Waals surface area (Å²) < 4.78 is 44.6. The van der Waals surface area contributed by atoms with Gasteiger partial charge in [0.2, 0.25) is 0 Å². The van der Waals surface area contributed by atoms with Crippen molar-refractivity contribution in [2.45, 2.75) is 50.2 Å². The molecule has 1 amide bonds. The lowest BCUT2D eigenvalue weighted by molar-refractivity contribution is -0.201. The predicted molar refractivity (Wildman–Crippen MR) is 132 cm³/mol. The standard InChI is InChI=1S/C24H28FN5O6S/c1-24(37(2,33)34,23(32)28-36-22-5-3-4-14-35-22)10-13-29-16-20(25)19(15-21(29)31)17-6-8-18(9-7-17)30-26-11-12-27-30/h6-9,11-12,15-16,22H,3-5,10,13-14H2,1-2H3,(H,28,32)/t22?,24-/m1/s1. The normalized spacial score (nSPS) is 17.8. The van der Waals surface area contributed by atoms with Gasteiger partial charge in [0.25, 0.3) is 11.5 Å². The van der Waals surface area contributed by atoms with Crippen molar-refractivity contribution in [2.75, 3.05) is 12.9 Å². The minimum Gasteiger partial charge on any atom is -0.350 e. The van der Waals surface area contributed by atoms with E-state index in [0.29, 0.717) is 24.3 Å². The molecule has 1 aromatic carbocycles. The third kappa shape index (κ3) is 5.95. The zero-order valence-electron chi connectivity index (χ0n) is 20.5. The molecule has 3 aromatic rings. The second-order valence-electron chi connectivity index (χ2n) is 9.03. The van der Waals surface area contributed by atoms with Gasteiger partial charge in [-0.1, -0.05) is 12.1 Å². The summed E-state index contributed by atoms with van der Waals surface area (Å²) in [5, 5.41) is 8.06. The molecule has 1 N–H and O–H groups in total. The van der Waals surface area contributed by atoms with Crippen LogP contribution in [-0.4, -0.2) is 57.8 Å². The van der Waals surface area contributed by atoms with Gasteiger partial charge in [-0.05, 0) is 43.9 Å². The summed E-state index contributed by atoms with van der Waals surface area (Å²) in [6.45, 7) is 1.52. The molecule has 37 heavy (non-hydrogen) atoms. The first-order valence-corrected chi connectivity index (χ1v) is 13.6. The van der Waals surface area contributed by atoms with Crippen LogP contribution in [0.1, 0.15) is 32.6 Å². The molecule has 3 heterocycles. The van der Waals surface area contributed by atoms with Crippen LogP contribution in [0, 0.1) is 5.82 Å². The quantitative estimate of drug-likeness (QED) is 0.413. The van der Waals surface area contributed by atoms with E-state index >= 15 is 4.39 Å². The molecular formula is C24H28FN5O6S. The zero-order chi connectivity index (χ0) is 26.6. The van der Waals surface area contributed by atoms with Gasteiger partial charge in [0.05, 0.1) is 18.1 Å². The van der Waals surface area contributed by atoms with E-state index < -0.39 is 38.2 Å². The molecule has 0 radical (unpaired) electrons. The van der Waals surface area contributed by atoms with Crippen LogP contribution in [0.2, 0.25) is 0 Å². The van der Waals surface area contributed by atoms with Gasteiger partial charge in [-0.15, -0.1) is 0 Å². The molecule has 1 aliphatic rings. The lowest BCUT2D eigenvalue weighted by Gasteiger charge is -2.28. The van der Waals surface area contributed by atoms with Crippen molar-refractivity contribution in [3.8, 4) is 16.8 Å². The number of benzene rings is 1. The number of amides is 1. The molecule has 0 bridgehead atoms. The minimum atomic E-state index is -3.94. The number of halogens is 1. The van der Waals surface area contributed by atoms with Crippen molar-refractivity contribution in [1.82, 2.24) is 25.0 Å². The lowest BCUT2D eigenvalue weighted by atomic mass is 10.0. The first-order chi connectivity index (χ1) is 17.6. The number of carbonyl (C=O) groups is 1. The number of carbonyl (C=O) groups excluding carboxylic acids is 1. The Labute approximate surface area is 213 Å². The maximum absolute atomic E-state index is 15.0. The van der Waals surface area contributed by atoms with Crippen molar-refractivity contribution in [2.24, 2.45) is 0 Å². The SMILES string of the molecule is C[C@@](CCn1cc(F)c(-c2ccc(-n3nccn3)cc2)cc1=O)(C(=O)NOC1CCCCO1)S(C)(=O)=O. The number of sulfone groups is 1. The molecule has 1 aliphatic heterocycles. The van der Waals surface area contributed by atoms with Gasteiger partial charge < -0.3 is 9.30 Å². The number of aromatic nitrogens is 4. The molecule has 4 rings (SSSR count). The van der Waals surface area contributed by atoms with E-state index in [-0.39, 0.29) is 18.5 Å². The fourth-order valence-electron chi connectivity index (χ4n) is 3.90. The first kappa shape index (κ1) is 26.6. The van der Waals surface area contributed by atoms with E-state index in [0.717, 1.165) is 35.9 Å². The van der Waals surface area contributed by atoms with Crippen molar-refractivity contribution < 1.29 is 27.2 Å². The molecule has 1 unspecified atom stereocenters. The minimum absolute atomic E-state index is 0.0886. The average Bonchev–Trinajstić information content (AvgIpc) is 3.42. The molecular weight excluding hydrogens is 505 g/mol.